The van der Waals surface area contributed by atoms with Crippen LogP contribution in [0, 0.1) is 11.3 Å². The number of nitriles is 1. The first kappa shape index (κ1) is 8.10. The van der Waals surface area contributed by atoms with Crippen molar-refractivity contribution < 1.29 is 4.84 Å². The average molecular weight is 176 g/mol. The fourth-order valence-corrected chi connectivity index (χ4v) is 1.26. The summed E-state index contributed by atoms with van der Waals surface area (Å²) in [7, 11) is 0. The van der Waals surface area contributed by atoms with E-state index in [4.69, 9.17) is 10.1 Å². The second-order valence-electron chi connectivity index (χ2n) is 2.79. The highest BCUT2D eigenvalue weighted by atomic mass is 16.7. The lowest BCUT2D eigenvalue weighted by molar-refractivity contribution is 0.0882. The highest BCUT2D eigenvalue weighted by Crippen LogP contribution is 2.19. The van der Waals surface area contributed by atoms with Gasteiger partial charge in [0.15, 0.2) is 5.69 Å². The number of hydroxylamine groups is 1. The van der Waals surface area contributed by atoms with Crippen LogP contribution in [0.4, 0.5) is 0 Å². The SMILES string of the molecule is N#Cc1cc([C@@H]2CCON2)cnn1. The Hall–Kier alpha value is -1.51. The minimum Gasteiger partial charge on any atom is -0.301 e. The summed E-state index contributed by atoms with van der Waals surface area (Å²) in [4.78, 5) is 5.00. The van der Waals surface area contributed by atoms with Crippen LogP contribution in [0.3, 0.4) is 0 Å². The van der Waals surface area contributed by atoms with Gasteiger partial charge in [-0.15, -0.1) is 5.10 Å². The van der Waals surface area contributed by atoms with Gasteiger partial charge in [-0.1, -0.05) is 0 Å². The maximum absolute atomic E-state index is 8.60. The monoisotopic (exact) mass is 176 g/mol. The van der Waals surface area contributed by atoms with E-state index in [1.54, 1.807) is 12.3 Å². The van der Waals surface area contributed by atoms with Crippen LogP contribution in [-0.4, -0.2) is 16.8 Å². The Labute approximate surface area is 75.3 Å². The molecule has 1 aromatic rings. The van der Waals surface area contributed by atoms with E-state index in [-0.39, 0.29) is 6.04 Å². The van der Waals surface area contributed by atoms with Crippen LogP contribution in [0.1, 0.15) is 23.7 Å². The number of nitrogens with zero attached hydrogens (tertiary/aromatic N) is 3. The van der Waals surface area contributed by atoms with Gasteiger partial charge in [-0.25, -0.2) is 0 Å². The molecular weight excluding hydrogens is 168 g/mol. The van der Waals surface area contributed by atoms with Crippen molar-refractivity contribution in [3.8, 4) is 6.07 Å². The molecule has 0 unspecified atom stereocenters. The summed E-state index contributed by atoms with van der Waals surface area (Å²) in [6.07, 6.45) is 2.55. The molecule has 1 N–H and O–H groups in total. The molecule has 0 radical (unpaired) electrons. The third-order valence-corrected chi connectivity index (χ3v) is 1.93. The summed E-state index contributed by atoms with van der Waals surface area (Å²) < 4.78 is 0. The lowest BCUT2D eigenvalue weighted by atomic mass is 10.1. The molecule has 1 atom stereocenters. The molecule has 1 aliphatic rings. The molecule has 66 valence electrons. The van der Waals surface area contributed by atoms with E-state index < -0.39 is 0 Å². The zero-order valence-corrected chi connectivity index (χ0v) is 6.90. The largest absolute Gasteiger partial charge is 0.301 e. The van der Waals surface area contributed by atoms with Crippen molar-refractivity contribution in [1.82, 2.24) is 15.7 Å². The van der Waals surface area contributed by atoms with Gasteiger partial charge in [-0.3, -0.25) is 0 Å². The quantitative estimate of drug-likeness (QED) is 0.667. The summed E-state index contributed by atoms with van der Waals surface area (Å²) in [5.74, 6) is 0. The van der Waals surface area contributed by atoms with Crippen LogP contribution in [-0.2, 0) is 4.84 Å². The standard InChI is InChI=1S/C8H8N4O/c9-4-7-3-6(5-10-11-7)8-1-2-13-12-8/h3,5,8,12H,1-2H2/t8-/m0/s1. The van der Waals surface area contributed by atoms with Crippen LogP contribution in [0.15, 0.2) is 12.3 Å². The molecule has 0 aromatic carbocycles. The molecule has 1 aromatic heterocycles. The summed E-state index contributed by atoms with van der Waals surface area (Å²) >= 11 is 0. The van der Waals surface area contributed by atoms with Crippen molar-refractivity contribution in [3.05, 3.63) is 23.5 Å². The van der Waals surface area contributed by atoms with Crippen molar-refractivity contribution >= 4 is 0 Å². The van der Waals surface area contributed by atoms with Gasteiger partial charge in [0.05, 0.1) is 18.8 Å². The molecule has 1 saturated heterocycles. The van der Waals surface area contributed by atoms with Crippen LogP contribution in [0.5, 0.6) is 0 Å². The van der Waals surface area contributed by atoms with Gasteiger partial charge in [0.2, 0.25) is 0 Å². The molecule has 0 spiro atoms. The highest BCUT2D eigenvalue weighted by molar-refractivity contribution is 5.25. The van der Waals surface area contributed by atoms with E-state index in [2.05, 4.69) is 15.7 Å². The Bertz CT molecular complexity index is 340. The van der Waals surface area contributed by atoms with Gasteiger partial charge in [0, 0.05) is 0 Å². The molecule has 5 nitrogen and oxygen atoms in total. The number of nitrogens with one attached hydrogen (secondary N) is 1. The second-order valence-corrected chi connectivity index (χ2v) is 2.79. The zero-order chi connectivity index (χ0) is 9.10. The van der Waals surface area contributed by atoms with Crippen molar-refractivity contribution in [1.29, 1.82) is 5.26 Å². The molecule has 0 amide bonds. The molecule has 1 fully saturated rings. The predicted molar refractivity (Wildman–Crippen MR) is 43.2 cm³/mol. The molecule has 1 aliphatic heterocycles. The molecule has 2 heterocycles. The van der Waals surface area contributed by atoms with Gasteiger partial charge in [-0.2, -0.15) is 15.8 Å². The Morgan fingerprint density at radius 1 is 1.69 bits per heavy atom. The van der Waals surface area contributed by atoms with Crippen molar-refractivity contribution in [2.24, 2.45) is 0 Å². The maximum atomic E-state index is 8.60. The van der Waals surface area contributed by atoms with Crippen LogP contribution in [0.25, 0.3) is 0 Å². The molecule has 0 saturated carbocycles. The smallest absolute Gasteiger partial charge is 0.163 e. The Kier molecular flexibility index (Phi) is 2.17. The molecular formula is C8H8N4O. The minimum atomic E-state index is 0.141. The predicted octanol–water partition coefficient (Wildman–Crippen LogP) is 0.314. The zero-order valence-electron chi connectivity index (χ0n) is 6.90. The van der Waals surface area contributed by atoms with E-state index in [9.17, 15) is 0 Å². The lowest BCUT2D eigenvalue weighted by Gasteiger charge is -2.06. The average Bonchev–Trinajstić information content (AvgIpc) is 2.71. The number of hydrogen-bond donors (Lipinski definition) is 1. The summed E-state index contributed by atoms with van der Waals surface area (Å²) in [6.45, 7) is 0.689. The summed E-state index contributed by atoms with van der Waals surface area (Å²) in [5.41, 5.74) is 4.13. The van der Waals surface area contributed by atoms with Crippen molar-refractivity contribution in [2.75, 3.05) is 6.61 Å². The van der Waals surface area contributed by atoms with Crippen molar-refractivity contribution in [2.45, 2.75) is 12.5 Å². The van der Waals surface area contributed by atoms with E-state index in [1.807, 2.05) is 6.07 Å². The molecule has 5 heteroatoms. The van der Waals surface area contributed by atoms with Gasteiger partial charge < -0.3 is 4.84 Å². The topological polar surface area (TPSA) is 70.8 Å². The lowest BCUT2D eigenvalue weighted by Crippen LogP contribution is -2.12. The van der Waals surface area contributed by atoms with E-state index in [0.717, 1.165) is 12.0 Å². The maximum Gasteiger partial charge on any atom is 0.163 e. The third-order valence-electron chi connectivity index (χ3n) is 1.93. The molecule has 13 heavy (non-hydrogen) atoms. The normalized spacial score (nSPS) is 21.3. The van der Waals surface area contributed by atoms with Gasteiger partial charge >= 0.3 is 0 Å². The fourth-order valence-electron chi connectivity index (χ4n) is 1.26. The van der Waals surface area contributed by atoms with Gasteiger partial charge in [-0.05, 0) is 18.1 Å². The first-order valence-electron chi connectivity index (χ1n) is 4.00. The van der Waals surface area contributed by atoms with E-state index in [1.165, 1.54) is 0 Å². The Morgan fingerprint density at radius 2 is 2.62 bits per heavy atom. The summed E-state index contributed by atoms with van der Waals surface area (Å²) in [5, 5.41) is 16.0. The Balaban J connectivity index is 2.25. The van der Waals surface area contributed by atoms with E-state index >= 15 is 0 Å². The molecule has 0 bridgehead atoms. The minimum absolute atomic E-state index is 0.141. The van der Waals surface area contributed by atoms with Crippen molar-refractivity contribution in [3.63, 3.8) is 0 Å². The number of rotatable bonds is 1. The van der Waals surface area contributed by atoms with Crippen LogP contribution < -0.4 is 5.48 Å². The van der Waals surface area contributed by atoms with Gasteiger partial charge in [0.1, 0.15) is 6.07 Å². The first-order valence-corrected chi connectivity index (χ1v) is 4.00. The molecule has 0 aliphatic carbocycles. The number of aromatic nitrogens is 2. The fraction of sp³-hybridized carbons (Fsp3) is 0.375. The first-order chi connectivity index (χ1) is 6.40. The van der Waals surface area contributed by atoms with Gasteiger partial charge in [0.25, 0.3) is 0 Å². The highest BCUT2D eigenvalue weighted by Gasteiger charge is 2.17. The van der Waals surface area contributed by atoms with Crippen LogP contribution in [0.2, 0.25) is 0 Å². The molecule has 2 rings (SSSR count). The number of hydrogen-bond acceptors (Lipinski definition) is 5. The van der Waals surface area contributed by atoms with E-state index in [0.29, 0.717) is 12.3 Å². The Morgan fingerprint density at radius 3 is 3.31 bits per heavy atom. The van der Waals surface area contributed by atoms with Crippen LogP contribution >= 0.6 is 0 Å². The second kappa shape index (κ2) is 3.47. The summed E-state index contributed by atoms with van der Waals surface area (Å²) in [6, 6.07) is 3.81. The third kappa shape index (κ3) is 1.64.